The Kier molecular flexibility index (Phi) is 3.77. The van der Waals surface area contributed by atoms with E-state index in [4.69, 9.17) is 0 Å². The Hall–Kier alpha value is -0.563. The minimum absolute atomic E-state index is 0.177. The Morgan fingerprint density at radius 1 is 0.667 bits per heavy atom. The minimum atomic E-state index is -0.177. The van der Waals surface area contributed by atoms with Gasteiger partial charge in [0.1, 0.15) is 0 Å². The molecule has 0 aliphatic rings. The average molecular weight is 219 g/mol. The molecule has 0 heterocycles. The van der Waals surface area contributed by atoms with Crippen molar-refractivity contribution < 1.29 is 0 Å². The topological polar surface area (TPSA) is 0 Å². The van der Waals surface area contributed by atoms with Crippen molar-refractivity contribution in [3.8, 4) is 0 Å². The molecule has 1 aromatic rings. The Morgan fingerprint density at radius 3 is 1.33 bits per heavy atom. The zero-order chi connectivity index (χ0) is 11.7. The van der Waals surface area contributed by atoms with E-state index >= 15 is 0 Å². The van der Waals surface area contributed by atoms with Gasteiger partial charge in [-0.1, -0.05) is 13.1 Å². The maximum Gasteiger partial charge on any atom is 0.0460 e. The van der Waals surface area contributed by atoms with E-state index in [-0.39, 0.29) is 8.80 Å². The van der Waals surface area contributed by atoms with Crippen LogP contribution < -0.4 is 0 Å². The lowest BCUT2D eigenvalue weighted by Gasteiger charge is -2.19. The molecule has 83 valence electrons. The van der Waals surface area contributed by atoms with Crippen LogP contribution in [0, 0.1) is 34.6 Å². The molecule has 1 rings (SSSR count). The maximum atomic E-state index is 2.40. The van der Waals surface area contributed by atoms with Crippen LogP contribution in [0.1, 0.15) is 33.4 Å². The molecule has 0 aromatic heterocycles. The second-order valence-electron chi connectivity index (χ2n) is 4.99. The molecule has 0 aliphatic carbocycles. The highest BCUT2D eigenvalue weighted by atomic mass is 28.3. The van der Waals surface area contributed by atoms with Gasteiger partial charge in [-0.3, -0.25) is 0 Å². The summed E-state index contributed by atoms with van der Waals surface area (Å²) in [6, 6.07) is 1.31. The number of rotatable bonds is 2. The first-order valence-corrected chi connectivity index (χ1v) is 8.41. The molecular weight excluding hydrogens is 196 g/mol. The highest BCUT2D eigenvalue weighted by Gasteiger charge is 2.13. The number of benzene rings is 1. The van der Waals surface area contributed by atoms with Crippen LogP contribution in [0.15, 0.2) is 0 Å². The molecule has 0 saturated carbocycles. The maximum absolute atomic E-state index is 2.40. The highest BCUT2D eigenvalue weighted by Crippen LogP contribution is 2.26. The van der Waals surface area contributed by atoms with Crippen LogP contribution in [0.3, 0.4) is 0 Å². The van der Waals surface area contributed by atoms with Gasteiger partial charge in [0.15, 0.2) is 0 Å². The third kappa shape index (κ3) is 2.33. The van der Waals surface area contributed by atoms with Crippen molar-refractivity contribution in [2.45, 2.75) is 53.8 Å². The SMILES string of the molecule is Cc1c(C)c(C)c(C[Si](C)C)c(C)c1C. The zero-order valence-electron chi connectivity index (χ0n) is 11.2. The number of hydrogen-bond acceptors (Lipinski definition) is 0. The van der Waals surface area contributed by atoms with Crippen molar-refractivity contribution >= 4 is 8.80 Å². The van der Waals surface area contributed by atoms with E-state index in [9.17, 15) is 0 Å². The van der Waals surface area contributed by atoms with Crippen LogP contribution in [0.5, 0.6) is 0 Å². The molecular formula is C14H23Si. The smallest absolute Gasteiger partial charge is 0.0460 e. The van der Waals surface area contributed by atoms with Crippen molar-refractivity contribution in [2.75, 3.05) is 0 Å². The van der Waals surface area contributed by atoms with E-state index in [1.807, 2.05) is 0 Å². The molecule has 0 saturated heterocycles. The van der Waals surface area contributed by atoms with Crippen LogP contribution in [-0.2, 0) is 6.04 Å². The summed E-state index contributed by atoms with van der Waals surface area (Å²) in [4.78, 5) is 0. The lowest BCUT2D eigenvalue weighted by Crippen LogP contribution is -2.11. The quantitative estimate of drug-likeness (QED) is 0.658. The second kappa shape index (κ2) is 4.52. The predicted octanol–water partition coefficient (Wildman–Crippen LogP) is 4.06. The molecule has 1 heteroatoms. The van der Waals surface area contributed by atoms with Gasteiger partial charge in [0.05, 0.1) is 0 Å². The van der Waals surface area contributed by atoms with Crippen LogP contribution >= 0.6 is 0 Å². The van der Waals surface area contributed by atoms with Gasteiger partial charge in [0, 0.05) is 8.80 Å². The lowest BCUT2D eigenvalue weighted by molar-refractivity contribution is 1.11. The lowest BCUT2D eigenvalue weighted by atomic mass is 9.90. The first-order chi connectivity index (χ1) is 6.86. The van der Waals surface area contributed by atoms with Gasteiger partial charge in [-0.2, -0.15) is 0 Å². The molecule has 0 N–H and O–H groups in total. The molecule has 1 aromatic carbocycles. The van der Waals surface area contributed by atoms with Gasteiger partial charge < -0.3 is 0 Å². The fraction of sp³-hybridized carbons (Fsp3) is 0.571. The molecule has 15 heavy (non-hydrogen) atoms. The second-order valence-corrected chi connectivity index (χ2v) is 7.76. The van der Waals surface area contributed by atoms with E-state index < -0.39 is 0 Å². The highest BCUT2D eigenvalue weighted by molar-refractivity contribution is 6.55. The summed E-state index contributed by atoms with van der Waals surface area (Å²) in [6.45, 7) is 16.1. The molecule has 0 spiro atoms. The summed E-state index contributed by atoms with van der Waals surface area (Å²) in [5.41, 5.74) is 9.15. The molecule has 0 nitrogen and oxygen atoms in total. The van der Waals surface area contributed by atoms with E-state index in [1.54, 1.807) is 5.56 Å². The Bertz CT molecular complexity index is 346. The van der Waals surface area contributed by atoms with Gasteiger partial charge in [0.25, 0.3) is 0 Å². The molecule has 0 unspecified atom stereocenters. The van der Waals surface area contributed by atoms with Crippen LogP contribution in [0.25, 0.3) is 0 Å². The van der Waals surface area contributed by atoms with Crippen molar-refractivity contribution in [1.29, 1.82) is 0 Å². The Balaban J connectivity index is 3.39. The molecule has 0 atom stereocenters. The summed E-state index contributed by atoms with van der Waals surface area (Å²) in [6.07, 6.45) is 0. The van der Waals surface area contributed by atoms with Crippen LogP contribution in [0.4, 0.5) is 0 Å². The molecule has 0 bridgehead atoms. The number of hydrogen-bond donors (Lipinski definition) is 0. The summed E-state index contributed by atoms with van der Waals surface area (Å²) >= 11 is 0. The third-order valence-corrected chi connectivity index (χ3v) is 4.75. The molecule has 1 radical (unpaired) electrons. The van der Waals surface area contributed by atoms with Gasteiger partial charge in [-0.15, -0.1) is 0 Å². The fourth-order valence-electron chi connectivity index (χ4n) is 2.20. The van der Waals surface area contributed by atoms with Crippen molar-refractivity contribution in [1.82, 2.24) is 0 Å². The predicted molar refractivity (Wildman–Crippen MR) is 71.3 cm³/mol. The summed E-state index contributed by atoms with van der Waals surface area (Å²) in [5, 5.41) is 0. The van der Waals surface area contributed by atoms with Crippen molar-refractivity contribution in [2.24, 2.45) is 0 Å². The van der Waals surface area contributed by atoms with E-state index in [1.165, 1.54) is 33.9 Å². The fourth-order valence-corrected chi connectivity index (χ4v) is 3.43. The van der Waals surface area contributed by atoms with E-state index in [2.05, 4.69) is 47.7 Å². The first-order valence-electron chi connectivity index (χ1n) is 5.71. The summed E-state index contributed by atoms with van der Waals surface area (Å²) in [7, 11) is -0.177. The third-order valence-electron chi connectivity index (χ3n) is 3.69. The monoisotopic (exact) mass is 219 g/mol. The summed E-state index contributed by atoms with van der Waals surface area (Å²) < 4.78 is 0. The molecule has 0 aliphatic heterocycles. The van der Waals surface area contributed by atoms with E-state index in [0.29, 0.717) is 0 Å². The summed E-state index contributed by atoms with van der Waals surface area (Å²) in [5.74, 6) is 0. The van der Waals surface area contributed by atoms with E-state index in [0.717, 1.165) is 0 Å². The van der Waals surface area contributed by atoms with Gasteiger partial charge in [-0.05, 0) is 74.0 Å². The Morgan fingerprint density at radius 2 is 1.00 bits per heavy atom. The standard InChI is InChI=1S/C14H23Si/c1-9-10(2)12(4)14(8-15(6)7)13(5)11(9)3/h8H2,1-7H3. The Labute approximate surface area is 96.3 Å². The van der Waals surface area contributed by atoms with Crippen LogP contribution in [-0.4, -0.2) is 8.80 Å². The first kappa shape index (κ1) is 12.5. The molecule has 0 fully saturated rings. The minimum Gasteiger partial charge on any atom is -0.0710 e. The largest absolute Gasteiger partial charge is 0.0710 e. The van der Waals surface area contributed by atoms with Crippen LogP contribution in [0.2, 0.25) is 13.1 Å². The normalized spacial score (nSPS) is 11.2. The average Bonchev–Trinajstić information content (AvgIpc) is 2.18. The molecule has 0 amide bonds. The van der Waals surface area contributed by atoms with Gasteiger partial charge >= 0.3 is 0 Å². The van der Waals surface area contributed by atoms with Gasteiger partial charge in [0.2, 0.25) is 0 Å². The van der Waals surface area contributed by atoms with Gasteiger partial charge in [-0.25, -0.2) is 0 Å². The van der Waals surface area contributed by atoms with Crippen molar-refractivity contribution in [3.63, 3.8) is 0 Å². The van der Waals surface area contributed by atoms with Crippen molar-refractivity contribution in [3.05, 3.63) is 33.4 Å². The zero-order valence-corrected chi connectivity index (χ0v) is 12.2.